The first-order chi connectivity index (χ1) is 13.0. The van der Waals surface area contributed by atoms with Crippen molar-refractivity contribution in [3.63, 3.8) is 0 Å². The minimum Gasteiger partial charge on any atom is -0.455 e. The number of nitrogens with one attached hydrogen (secondary N) is 1. The maximum Gasteiger partial charge on any atom is 0.252 e. The number of ether oxygens (including phenoxy) is 2. The van der Waals surface area contributed by atoms with Crippen LogP contribution in [0.3, 0.4) is 0 Å². The van der Waals surface area contributed by atoms with Crippen LogP contribution >= 0.6 is 11.6 Å². The lowest BCUT2D eigenvalue weighted by atomic mass is 10.2. The molecular formula is C19H18ClN3O4. The van der Waals surface area contributed by atoms with Crippen molar-refractivity contribution in [1.82, 2.24) is 10.1 Å². The fourth-order valence-corrected chi connectivity index (χ4v) is 2.41. The predicted octanol–water partition coefficient (Wildman–Crippen LogP) is 4.29. The van der Waals surface area contributed by atoms with Gasteiger partial charge in [-0.25, -0.2) is 0 Å². The Kier molecular flexibility index (Phi) is 6.05. The molecule has 0 aliphatic carbocycles. The van der Waals surface area contributed by atoms with E-state index < -0.39 is 0 Å². The van der Waals surface area contributed by atoms with Gasteiger partial charge in [0.05, 0.1) is 5.69 Å². The van der Waals surface area contributed by atoms with Crippen molar-refractivity contribution in [2.24, 2.45) is 0 Å². The smallest absolute Gasteiger partial charge is 0.252 e. The molecule has 27 heavy (non-hydrogen) atoms. The highest BCUT2D eigenvalue weighted by Gasteiger charge is 2.11. The number of carbonyl (C=O) groups excluding carboxylic acids is 1. The molecule has 1 heterocycles. The van der Waals surface area contributed by atoms with Gasteiger partial charge in [-0.15, -0.1) is 0 Å². The van der Waals surface area contributed by atoms with Gasteiger partial charge in [0.1, 0.15) is 19.0 Å². The zero-order chi connectivity index (χ0) is 19.2. The third-order valence-corrected chi connectivity index (χ3v) is 3.73. The summed E-state index contributed by atoms with van der Waals surface area (Å²) in [5.74, 6) is 1.59. The van der Waals surface area contributed by atoms with Gasteiger partial charge >= 0.3 is 0 Å². The summed E-state index contributed by atoms with van der Waals surface area (Å²) in [5.41, 5.74) is 1.57. The molecule has 0 unspecified atom stereocenters. The summed E-state index contributed by atoms with van der Waals surface area (Å²) in [7, 11) is 0. The average molecular weight is 388 g/mol. The van der Waals surface area contributed by atoms with Crippen LogP contribution in [0, 0.1) is 13.8 Å². The monoisotopic (exact) mass is 387 g/mol. The van der Waals surface area contributed by atoms with Gasteiger partial charge in [0.25, 0.3) is 5.89 Å². The third-order valence-electron chi connectivity index (χ3n) is 3.49. The molecule has 0 bridgehead atoms. The number of rotatable bonds is 7. The van der Waals surface area contributed by atoms with Gasteiger partial charge < -0.3 is 19.3 Å². The summed E-state index contributed by atoms with van der Waals surface area (Å²) in [6, 6.07) is 12.6. The summed E-state index contributed by atoms with van der Waals surface area (Å²) in [5, 5.41) is 6.86. The molecule has 0 radical (unpaired) electrons. The summed E-state index contributed by atoms with van der Waals surface area (Å²) in [4.78, 5) is 16.2. The number of nitrogens with zero attached hydrogens (tertiary/aromatic N) is 2. The molecule has 3 aromatic rings. The number of halogens is 1. The van der Waals surface area contributed by atoms with Crippen molar-refractivity contribution in [1.29, 1.82) is 0 Å². The maximum atomic E-state index is 12.2. The van der Waals surface area contributed by atoms with Crippen LogP contribution in [-0.2, 0) is 16.1 Å². The molecule has 1 aromatic heterocycles. The van der Waals surface area contributed by atoms with E-state index in [1.165, 1.54) is 0 Å². The molecule has 0 saturated heterocycles. The van der Waals surface area contributed by atoms with E-state index in [9.17, 15) is 4.79 Å². The molecule has 3 rings (SSSR count). The second-order valence-corrected chi connectivity index (χ2v) is 6.27. The van der Waals surface area contributed by atoms with Crippen molar-refractivity contribution in [2.45, 2.75) is 20.5 Å². The lowest BCUT2D eigenvalue weighted by Gasteiger charge is -2.13. The van der Waals surface area contributed by atoms with Crippen molar-refractivity contribution in [3.8, 4) is 11.5 Å². The Hall–Kier alpha value is -2.90. The first-order valence-corrected chi connectivity index (χ1v) is 8.58. The largest absolute Gasteiger partial charge is 0.455 e. The second kappa shape index (κ2) is 8.66. The number of anilines is 1. The molecule has 140 valence electrons. The molecule has 0 fully saturated rings. The SMILES string of the molecule is Cc1ccc(Oc2ccc(Cl)cc2NC(=O)COCc2nc(C)no2)cc1. The molecule has 8 heteroatoms. The summed E-state index contributed by atoms with van der Waals surface area (Å²) < 4.78 is 16.1. The fraction of sp³-hybridized carbons (Fsp3) is 0.211. The van der Waals surface area contributed by atoms with E-state index in [1.807, 2.05) is 31.2 Å². The summed E-state index contributed by atoms with van der Waals surface area (Å²) in [6.45, 7) is 3.57. The molecule has 1 amide bonds. The molecule has 0 aliphatic rings. The zero-order valence-electron chi connectivity index (χ0n) is 14.9. The van der Waals surface area contributed by atoms with Crippen molar-refractivity contribution in [3.05, 3.63) is 64.8 Å². The molecule has 7 nitrogen and oxygen atoms in total. The molecule has 0 atom stereocenters. The Labute approximate surface area is 161 Å². The van der Waals surface area contributed by atoms with Crippen LogP contribution in [0.5, 0.6) is 11.5 Å². The number of benzene rings is 2. The number of hydrogen-bond acceptors (Lipinski definition) is 6. The lowest BCUT2D eigenvalue weighted by Crippen LogP contribution is -2.18. The van der Waals surface area contributed by atoms with Gasteiger partial charge in [-0.1, -0.05) is 34.5 Å². The van der Waals surface area contributed by atoms with Crippen molar-refractivity contribution in [2.75, 3.05) is 11.9 Å². The van der Waals surface area contributed by atoms with Crippen LogP contribution in [0.2, 0.25) is 5.02 Å². The molecular weight excluding hydrogens is 370 g/mol. The van der Waals surface area contributed by atoms with Crippen LogP contribution in [0.1, 0.15) is 17.3 Å². The van der Waals surface area contributed by atoms with Gasteiger partial charge in [0, 0.05) is 5.02 Å². The Morgan fingerprint density at radius 2 is 1.96 bits per heavy atom. The van der Waals surface area contributed by atoms with Crippen LogP contribution in [0.25, 0.3) is 0 Å². The summed E-state index contributed by atoms with van der Waals surface area (Å²) in [6.07, 6.45) is 0. The molecule has 0 spiro atoms. The van der Waals surface area contributed by atoms with E-state index in [0.29, 0.717) is 33.9 Å². The topological polar surface area (TPSA) is 86.5 Å². The van der Waals surface area contributed by atoms with Gasteiger partial charge in [0.15, 0.2) is 11.6 Å². The van der Waals surface area contributed by atoms with Gasteiger partial charge in [-0.3, -0.25) is 4.79 Å². The maximum absolute atomic E-state index is 12.2. The number of aromatic nitrogens is 2. The zero-order valence-corrected chi connectivity index (χ0v) is 15.6. The highest BCUT2D eigenvalue weighted by molar-refractivity contribution is 6.31. The molecule has 0 saturated carbocycles. The van der Waals surface area contributed by atoms with Gasteiger partial charge in [-0.2, -0.15) is 4.98 Å². The standard InChI is InChI=1S/C19H18ClN3O4/c1-12-3-6-15(7-4-12)26-17-8-5-14(20)9-16(17)22-18(24)10-25-11-19-21-13(2)23-27-19/h3-9H,10-11H2,1-2H3,(H,22,24). The number of aryl methyl sites for hydroxylation is 2. The third kappa shape index (κ3) is 5.54. The second-order valence-electron chi connectivity index (χ2n) is 5.83. The van der Waals surface area contributed by atoms with Crippen molar-refractivity contribution < 1.29 is 18.8 Å². The van der Waals surface area contributed by atoms with Crippen LogP contribution in [0.4, 0.5) is 5.69 Å². The van der Waals surface area contributed by atoms with E-state index in [2.05, 4.69) is 15.5 Å². The van der Waals surface area contributed by atoms with E-state index >= 15 is 0 Å². The number of hydrogen-bond donors (Lipinski definition) is 1. The Morgan fingerprint density at radius 3 is 2.67 bits per heavy atom. The minimum atomic E-state index is -0.359. The Bertz CT molecular complexity index is 925. The van der Waals surface area contributed by atoms with E-state index in [4.69, 9.17) is 25.6 Å². The van der Waals surface area contributed by atoms with Crippen LogP contribution in [-0.4, -0.2) is 22.7 Å². The highest BCUT2D eigenvalue weighted by Crippen LogP contribution is 2.32. The molecule has 0 aliphatic heterocycles. The van der Waals surface area contributed by atoms with E-state index in [1.54, 1.807) is 25.1 Å². The number of amides is 1. The molecule has 2 aromatic carbocycles. The normalized spacial score (nSPS) is 10.6. The lowest BCUT2D eigenvalue weighted by molar-refractivity contribution is -0.121. The predicted molar refractivity (Wildman–Crippen MR) is 100 cm³/mol. The minimum absolute atomic E-state index is 0.0521. The van der Waals surface area contributed by atoms with Gasteiger partial charge in [-0.05, 0) is 44.2 Å². The van der Waals surface area contributed by atoms with E-state index in [0.717, 1.165) is 5.56 Å². The van der Waals surface area contributed by atoms with Crippen LogP contribution in [0.15, 0.2) is 47.0 Å². The van der Waals surface area contributed by atoms with E-state index in [-0.39, 0.29) is 19.1 Å². The average Bonchev–Trinajstić information content (AvgIpc) is 3.04. The first kappa shape index (κ1) is 18.9. The fourth-order valence-electron chi connectivity index (χ4n) is 2.24. The highest BCUT2D eigenvalue weighted by atomic mass is 35.5. The quantitative estimate of drug-likeness (QED) is 0.650. The van der Waals surface area contributed by atoms with Crippen LogP contribution < -0.4 is 10.1 Å². The van der Waals surface area contributed by atoms with Gasteiger partial charge in [0.2, 0.25) is 5.91 Å². The number of carbonyl (C=O) groups is 1. The first-order valence-electron chi connectivity index (χ1n) is 8.20. The summed E-state index contributed by atoms with van der Waals surface area (Å²) >= 11 is 6.05. The Morgan fingerprint density at radius 1 is 1.19 bits per heavy atom. The van der Waals surface area contributed by atoms with Crippen molar-refractivity contribution >= 4 is 23.2 Å². The Balaban J connectivity index is 1.61. The molecule has 1 N–H and O–H groups in total.